The number of nitrogens with two attached hydrogens (primary N) is 1. The third kappa shape index (κ3) is 1.87. The van der Waals surface area contributed by atoms with Crippen molar-refractivity contribution in [3.8, 4) is 16.9 Å². The Labute approximate surface area is 107 Å². The van der Waals surface area contributed by atoms with Gasteiger partial charge in [0.15, 0.2) is 0 Å². The maximum atomic E-state index is 5.97. The lowest BCUT2D eigenvalue weighted by Gasteiger charge is -2.09. The molecule has 92 valence electrons. The molecule has 2 N–H and O–H groups in total. The summed E-state index contributed by atoms with van der Waals surface area (Å²) in [6.07, 6.45) is 3.72. The van der Waals surface area contributed by atoms with Crippen LogP contribution in [-0.2, 0) is 12.8 Å². The Kier molecular flexibility index (Phi) is 2.76. The molecule has 0 aliphatic heterocycles. The molecular weight excluding hydrogens is 224 g/mol. The molecule has 0 saturated carbocycles. The molecule has 0 radical (unpaired) electrons. The smallest absolute Gasteiger partial charge is 0.126 e. The topological polar surface area (TPSA) is 48.1 Å². The van der Waals surface area contributed by atoms with Gasteiger partial charge >= 0.3 is 0 Å². The molecule has 1 aromatic carbocycles. The van der Waals surface area contributed by atoms with Gasteiger partial charge in [-0.15, -0.1) is 0 Å². The average Bonchev–Trinajstić information content (AvgIpc) is 2.77. The Morgan fingerprint density at radius 2 is 2.11 bits per heavy atom. The zero-order valence-corrected chi connectivity index (χ0v) is 10.4. The summed E-state index contributed by atoms with van der Waals surface area (Å²) in [6, 6.07) is 10.4. The molecule has 0 fully saturated rings. The Morgan fingerprint density at radius 3 is 2.94 bits per heavy atom. The lowest BCUT2D eigenvalue weighted by atomic mass is 10.0. The number of pyridine rings is 1. The summed E-state index contributed by atoms with van der Waals surface area (Å²) in [4.78, 5) is 4.53. The molecular formula is C15H16N2O. The monoisotopic (exact) mass is 240 g/mol. The fraction of sp³-hybridized carbons (Fsp3) is 0.267. The third-order valence-electron chi connectivity index (χ3n) is 3.42. The molecule has 0 spiro atoms. The van der Waals surface area contributed by atoms with Crippen LogP contribution in [0.3, 0.4) is 0 Å². The first-order valence-corrected chi connectivity index (χ1v) is 6.14. The molecule has 1 unspecified atom stereocenters. The highest BCUT2D eigenvalue weighted by atomic mass is 16.5. The maximum absolute atomic E-state index is 5.97. The zero-order chi connectivity index (χ0) is 12.5. The Balaban J connectivity index is 2.06. The van der Waals surface area contributed by atoms with Crippen molar-refractivity contribution in [1.29, 1.82) is 0 Å². The lowest BCUT2D eigenvalue weighted by Crippen LogP contribution is -2.19. The fourth-order valence-electron chi connectivity index (χ4n) is 2.53. The van der Waals surface area contributed by atoms with Crippen molar-refractivity contribution in [3.05, 3.63) is 47.8 Å². The van der Waals surface area contributed by atoms with Gasteiger partial charge in [0.25, 0.3) is 0 Å². The van der Waals surface area contributed by atoms with E-state index in [2.05, 4.69) is 17.1 Å². The summed E-state index contributed by atoms with van der Waals surface area (Å²) in [7, 11) is 1.69. The van der Waals surface area contributed by atoms with E-state index < -0.39 is 0 Å². The first-order chi connectivity index (χ1) is 8.78. The Bertz CT molecular complexity index is 580. The van der Waals surface area contributed by atoms with Crippen LogP contribution in [0, 0.1) is 0 Å². The molecule has 0 bridgehead atoms. The highest BCUT2D eigenvalue weighted by molar-refractivity contribution is 5.70. The molecule has 2 aromatic rings. The number of nitrogens with zero attached hydrogens (tertiary/aromatic N) is 1. The number of hydrogen-bond acceptors (Lipinski definition) is 3. The Morgan fingerprint density at radius 1 is 1.28 bits per heavy atom. The second-order valence-corrected chi connectivity index (χ2v) is 4.70. The van der Waals surface area contributed by atoms with Crippen molar-refractivity contribution in [1.82, 2.24) is 4.98 Å². The van der Waals surface area contributed by atoms with Crippen molar-refractivity contribution in [2.45, 2.75) is 18.9 Å². The van der Waals surface area contributed by atoms with Crippen LogP contribution in [-0.4, -0.2) is 18.1 Å². The van der Waals surface area contributed by atoms with E-state index in [1.807, 2.05) is 24.4 Å². The van der Waals surface area contributed by atoms with Gasteiger partial charge in [-0.1, -0.05) is 18.2 Å². The first-order valence-electron chi connectivity index (χ1n) is 6.14. The van der Waals surface area contributed by atoms with Crippen LogP contribution in [0.5, 0.6) is 5.75 Å². The van der Waals surface area contributed by atoms with E-state index in [0.717, 1.165) is 35.4 Å². The summed E-state index contributed by atoms with van der Waals surface area (Å²) < 4.78 is 5.39. The van der Waals surface area contributed by atoms with Crippen LogP contribution in [0.1, 0.15) is 11.3 Å². The molecule has 1 atom stereocenters. The summed E-state index contributed by atoms with van der Waals surface area (Å²) in [5.41, 5.74) is 10.6. The fourth-order valence-corrected chi connectivity index (χ4v) is 2.53. The highest BCUT2D eigenvalue weighted by Crippen LogP contribution is 2.31. The van der Waals surface area contributed by atoms with Crippen molar-refractivity contribution in [3.63, 3.8) is 0 Å². The predicted molar refractivity (Wildman–Crippen MR) is 71.6 cm³/mol. The Hall–Kier alpha value is -1.87. The molecule has 3 rings (SSSR count). The second-order valence-electron chi connectivity index (χ2n) is 4.70. The van der Waals surface area contributed by atoms with E-state index in [1.54, 1.807) is 7.11 Å². The number of ether oxygens (including phenoxy) is 1. The van der Waals surface area contributed by atoms with Crippen LogP contribution in [0.25, 0.3) is 11.1 Å². The van der Waals surface area contributed by atoms with Crippen molar-refractivity contribution >= 4 is 0 Å². The van der Waals surface area contributed by atoms with E-state index in [1.165, 1.54) is 5.56 Å². The average molecular weight is 240 g/mol. The van der Waals surface area contributed by atoms with Crippen LogP contribution in [0.15, 0.2) is 36.5 Å². The largest absolute Gasteiger partial charge is 0.496 e. The molecule has 3 heteroatoms. The minimum absolute atomic E-state index is 0.223. The van der Waals surface area contributed by atoms with Gasteiger partial charge in [0, 0.05) is 35.5 Å². The highest BCUT2D eigenvalue weighted by Gasteiger charge is 2.20. The number of fused-ring (bicyclic) bond motifs is 1. The van der Waals surface area contributed by atoms with E-state index in [9.17, 15) is 0 Å². The maximum Gasteiger partial charge on any atom is 0.126 e. The van der Waals surface area contributed by atoms with Crippen LogP contribution < -0.4 is 10.5 Å². The molecule has 0 saturated heterocycles. The molecule has 1 aliphatic rings. The van der Waals surface area contributed by atoms with E-state index in [-0.39, 0.29) is 6.04 Å². The van der Waals surface area contributed by atoms with E-state index in [0.29, 0.717) is 0 Å². The number of hydrogen-bond donors (Lipinski definition) is 1. The molecule has 0 amide bonds. The number of methoxy groups -OCH3 is 1. The van der Waals surface area contributed by atoms with Gasteiger partial charge in [0.05, 0.1) is 7.11 Å². The molecule has 1 aliphatic carbocycles. The van der Waals surface area contributed by atoms with Gasteiger partial charge in [-0.2, -0.15) is 0 Å². The van der Waals surface area contributed by atoms with Gasteiger partial charge in [0.2, 0.25) is 0 Å². The van der Waals surface area contributed by atoms with E-state index in [4.69, 9.17) is 10.5 Å². The molecule has 18 heavy (non-hydrogen) atoms. The quantitative estimate of drug-likeness (QED) is 0.875. The zero-order valence-electron chi connectivity index (χ0n) is 10.4. The van der Waals surface area contributed by atoms with E-state index >= 15 is 0 Å². The van der Waals surface area contributed by atoms with Gasteiger partial charge in [-0.3, -0.25) is 4.98 Å². The summed E-state index contributed by atoms with van der Waals surface area (Å²) in [5, 5.41) is 0. The molecule has 3 nitrogen and oxygen atoms in total. The van der Waals surface area contributed by atoms with Crippen LogP contribution in [0.2, 0.25) is 0 Å². The lowest BCUT2D eigenvalue weighted by molar-refractivity contribution is 0.416. The summed E-state index contributed by atoms with van der Waals surface area (Å²) in [6.45, 7) is 0. The third-order valence-corrected chi connectivity index (χ3v) is 3.42. The minimum atomic E-state index is 0.223. The van der Waals surface area contributed by atoms with Crippen molar-refractivity contribution in [2.24, 2.45) is 5.73 Å². The standard InChI is InChI=1S/C15H16N2O/c1-18-15-5-3-2-4-13(15)11-6-10-7-12(16)8-14(10)17-9-11/h2-6,9,12H,7-8,16H2,1H3. The van der Waals surface area contributed by atoms with Crippen LogP contribution in [0.4, 0.5) is 0 Å². The predicted octanol–water partition coefficient (Wildman–Crippen LogP) is 2.18. The molecule has 1 heterocycles. The number of para-hydroxylation sites is 1. The minimum Gasteiger partial charge on any atom is -0.496 e. The van der Waals surface area contributed by atoms with Crippen LogP contribution >= 0.6 is 0 Å². The van der Waals surface area contributed by atoms with Gasteiger partial charge < -0.3 is 10.5 Å². The number of benzene rings is 1. The first kappa shape index (κ1) is 11.2. The summed E-state index contributed by atoms with van der Waals surface area (Å²) >= 11 is 0. The second kappa shape index (κ2) is 4.42. The van der Waals surface area contributed by atoms with Gasteiger partial charge in [-0.05, 0) is 24.1 Å². The van der Waals surface area contributed by atoms with Crippen molar-refractivity contribution < 1.29 is 4.74 Å². The SMILES string of the molecule is COc1ccccc1-c1cnc2c(c1)CC(N)C2. The number of aromatic nitrogens is 1. The van der Waals surface area contributed by atoms with Gasteiger partial charge in [0.1, 0.15) is 5.75 Å². The summed E-state index contributed by atoms with van der Waals surface area (Å²) in [5.74, 6) is 0.876. The normalized spacial score (nSPS) is 17.6. The van der Waals surface area contributed by atoms with Gasteiger partial charge in [-0.25, -0.2) is 0 Å². The van der Waals surface area contributed by atoms with Crippen molar-refractivity contribution in [2.75, 3.05) is 7.11 Å². The number of rotatable bonds is 2. The molecule has 1 aromatic heterocycles.